The minimum absolute atomic E-state index is 0.0630. The molecule has 24 heavy (non-hydrogen) atoms. The first-order valence-electron chi connectivity index (χ1n) is 7.77. The SMILES string of the molecule is CCO[Si](C)(C)CCCCc1cc(C(F)(F)F)cc(C(F)(F)F)c1. The lowest BCUT2D eigenvalue weighted by Gasteiger charge is -2.21. The Morgan fingerprint density at radius 3 is 1.79 bits per heavy atom. The molecule has 0 aliphatic carbocycles. The quantitative estimate of drug-likeness (QED) is 0.310. The molecule has 0 atom stereocenters. The van der Waals surface area contributed by atoms with Crippen molar-refractivity contribution >= 4 is 8.32 Å². The number of unbranched alkanes of at least 4 members (excludes halogenated alkanes) is 1. The second-order valence-corrected chi connectivity index (χ2v) is 10.6. The average molecular weight is 372 g/mol. The highest BCUT2D eigenvalue weighted by atomic mass is 28.4. The van der Waals surface area contributed by atoms with E-state index in [1.54, 1.807) is 0 Å². The number of alkyl halides is 6. The summed E-state index contributed by atoms with van der Waals surface area (Å²) in [6, 6.07) is 2.60. The van der Waals surface area contributed by atoms with Crippen LogP contribution in [0.2, 0.25) is 19.1 Å². The zero-order valence-corrected chi connectivity index (χ0v) is 14.9. The van der Waals surface area contributed by atoms with Crippen LogP contribution in [-0.2, 0) is 23.2 Å². The molecule has 0 heterocycles. The van der Waals surface area contributed by atoms with Crippen LogP contribution in [0.1, 0.15) is 36.5 Å². The minimum Gasteiger partial charge on any atom is -0.418 e. The molecule has 1 aromatic carbocycles. The van der Waals surface area contributed by atoms with E-state index in [0.29, 0.717) is 13.0 Å². The van der Waals surface area contributed by atoms with Crippen molar-refractivity contribution in [3.63, 3.8) is 0 Å². The van der Waals surface area contributed by atoms with Crippen LogP contribution in [0.15, 0.2) is 18.2 Å². The Kier molecular flexibility index (Phi) is 6.92. The molecule has 1 nitrogen and oxygen atoms in total. The molecule has 0 fully saturated rings. The Hall–Kier alpha value is -1.02. The molecule has 0 saturated heterocycles. The van der Waals surface area contributed by atoms with Gasteiger partial charge in [-0.3, -0.25) is 0 Å². The van der Waals surface area contributed by atoms with E-state index in [1.165, 1.54) is 0 Å². The molecule has 8 heteroatoms. The zero-order chi connectivity index (χ0) is 18.6. The molecular weight excluding hydrogens is 350 g/mol. The fraction of sp³-hybridized carbons (Fsp3) is 0.625. The molecule has 0 saturated carbocycles. The Morgan fingerprint density at radius 1 is 0.875 bits per heavy atom. The van der Waals surface area contributed by atoms with E-state index in [2.05, 4.69) is 0 Å². The highest BCUT2D eigenvalue weighted by Crippen LogP contribution is 2.36. The average Bonchev–Trinajstić information content (AvgIpc) is 2.41. The van der Waals surface area contributed by atoms with Crippen molar-refractivity contribution in [3.05, 3.63) is 34.9 Å². The second kappa shape index (κ2) is 7.90. The maximum atomic E-state index is 12.8. The Morgan fingerprint density at radius 2 is 1.38 bits per heavy atom. The summed E-state index contributed by atoms with van der Waals surface area (Å²) >= 11 is 0. The molecule has 0 radical (unpaired) electrons. The zero-order valence-electron chi connectivity index (χ0n) is 13.9. The lowest BCUT2D eigenvalue weighted by molar-refractivity contribution is -0.143. The summed E-state index contributed by atoms with van der Waals surface area (Å²) in [7, 11) is -1.78. The van der Waals surface area contributed by atoms with Gasteiger partial charge >= 0.3 is 12.4 Å². The van der Waals surface area contributed by atoms with Crippen molar-refractivity contribution in [2.24, 2.45) is 0 Å². The van der Waals surface area contributed by atoms with Gasteiger partial charge in [-0.1, -0.05) is 6.42 Å². The van der Waals surface area contributed by atoms with E-state index in [9.17, 15) is 26.3 Å². The first-order chi connectivity index (χ1) is 10.8. The van der Waals surface area contributed by atoms with Gasteiger partial charge in [-0.25, -0.2) is 0 Å². The van der Waals surface area contributed by atoms with Crippen LogP contribution in [0, 0.1) is 0 Å². The van der Waals surface area contributed by atoms with Gasteiger partial charge in [0.15, 0.2) is 8.32 Å². The van der Waals surface area contributed by atoms with Gasteiger partial charge in [0.05, 0.1) is 11.1 Å². The summed E-state index contributed by atoms with van der Waals surface area (Å²) in [5.74, 6) is 0. The maximum absolute atomic E-state index is 12.8. The van der Waals surface area contributed by atoms with Crippen molar-refractivity contribution in [1.29, 1.82) is 0 Å². The number of rotatable bonds is 7. The first kappa shape index (κ1) is 21.0. The van der Waals surface area contributed by atoms with Crippen LogP contribution < -0.4 is 0 Å². The van der Waals surface area contributed by atoms with E-state index in [4.69, 9.17) is 4.43 Å². The molecule has 0 amide bonds. The van der Waals surface area contributed by atoms with Gasteiger partial charge in [0, 0.05) is 6.61 Å². The smallest absolute Gasteiger partial charge is 0.416 e. The van der Waals surface area contributed by atoms with Crippen LogP contribution in [-0.4, -0.2) is 14.9 Å². The van der Waals surface area contributed by atoms with Crippen LogP contribution in [0.25, 0.3) is 0 Å². The topological polar surface area (TPSA) is 9.23 Å². The summed E-state index contributed by atoms with van der Waals surface area (Å²) in [6.07, 6.45) is -8.15. The van der Waals surface area contributed by atoms with Gasteiger partial charge in [0.1, 0.15) is 0 Å². The molecule has 0 bridgehead atoms. The summed E-state index contributed by atoms with van der Waals surface area (Å²) in [6.45, 7) is 6.60. The van der Waals surface area contributed by atoms with E-state index < -0.39 is 31.8 Å². The third-order valence-electron chi connectivity index (χ3n) is 3.68. The molecule has 0 N–H and O–H groups in total. The number of hydrogen-bond acceptors (Lipinski definition) is 1. The Bertz CT molecular complexity index is 504. The molecule has 138 valence electrons. The molecule has 0 aliphatic heterocycles. The molecule has 1 rings (SSSR count). The Labute approximate surface area is 139 Å². The number of aryl methyl sites for hydroxylation is 1. The van der Waals surface area contributed by atoms with E-state index in [0.717, 1.165) is 24.6 Å². The molecule has 0 aromatic heterocycles. The highest BCUT2D eigenvalue weighted by Gasteiger charge is 2.36. The molecule has 1 aromatic rings. The molecular formula is C16H22F6OSi. The number of hydrogen-bond donors (Lipinski definition) is 0. The fourth-order valence-electron chi connectivity index (χ4n) is 2.51. The lowest BCUT2D eigenvalue weighted by Crippen LogP contribution is -2.29. The lowest BCUT2D eigenvalue weighted by atomic mass is 10.0. The summed E-state index contributed by atoms with van der Waals surface area (Å²) in [5.41, 5.74) is -2.44. The summed E-state index contributed by atoms with van der Waals surface area (Å²) in [5, 5.41) is 0. The predicted octanol–water partition coefficient (Wildman–Crippen LogP) is 6.29. The predicted molar refractivity (Wildman–Crippen MR) is 83.3 cm³/mol. The van der Waals surface area contributed by atoms with Crippen LogP contribution in [0.3, 0.4) is 0 Å². The van der Waals surface area contributed by atoms with Crippen molar-refractivity contribution in [1.82, 2.24) is 0 Å². The van der Waals surface area contributed by atoms with Crippen molar-refractivity contribution in [2.45, 2.75) is 57.7 Å². The first-order valence-corrected chi connectivity index (χ1v) is 10.9. The normalized spacial score (nSPS) is 13.4. The third kappa shape index (κ3) is 6.84. The van der Waals surface area contributed by atoms with Gasteiger partial charge < -0.3 is 4.43 Å². The Balaban J connectivity index is 2.81. The standard InChI is InChI=1S/C16H22F6OSi/c1-4-23-24(2,3)8-6-5-7-12-9-13(15(17,18)19)11-14(10-12)16(20,21)22/h9-11H,4-8H2,1-3H3. The van der Waals surface area contributed by atoms with Gasteiger partial charge in [-0.05, 0) is 62.7 Å². The van der Waals surface area contributed by atoms with Gasteiger partial charge in [0.2, 0.25) is 0 Å². The van der Waals surface area contributed by atoms with Gasteiger partial charge in [-0.2, -0.15) is 26.3 Å². The van der Waals surface area contributed by atoms with E-state index >= 15 is 0 Å². The van der Waals surface area contributed by atoms with Crippen LogP contribution in [0.5, 0.6) is 0 Å². The monoisotopic (exact) mass is 372 g/mol. The molecule has 0 spiro atoms. The van der Waals surface area contributed by atoms with Crippen LogP contribution >= 0.6 is 0 Å². The van der Waals surface area contributed by atoms with E-state index in [-0.39, 0.29) is 18.1 Å². The number of halogens is 6. The molecule has 0 unspecified atom stereocenters. The number of benzene rings is 1. The fourth-order valence-corrected chi connectivity index (χ4v) is 4.53. The third-order valence-corrected chi connectivity index (χ3v) is 6.30. The largest absolute Gasteiger partial charge is 0.418 e. The maximum Gasteiger partial charge on any atom is 0.416 e. The minimum atomic E-state index is -4.79. The van der Waals surface area contributed by atoms with Gasteiger partial charge in [0.25, 0.3) is 0 Å². The van der Waals surface area contributed by atoms with E-state index in [1.807, 2.05) is 20.0 Å². The second-order valence-electron chi connectivity index (χ2n) is 6.31. The van der Waals surface area contributed by atoms with Crippen LogP contribution in [0.4, 0.5) is 26.3 Å². The van der Waals surface area contributed by atoms with Crippen molar-refractivity contribution in [2.75, 3.05) is 6.61 Å². The van der Waals surface area contributed by atoms with Crippen molar-refractivity contribution < 1.29 is 30.8 Å². The summed E-state index contributed by atoms with van der Waals surface area (Å²) < 4.78 is 82.4. The van der Waals surface area contributed by atoms with Gasteiger partial charge in [-0.15, -0.1) is 0 Å². The summed E-state index contributed by atoms with van der Waals surface area (Å²) in [4.78, 5) is 0. The highest BCUT2D eigenvalue weighted by molar-refractivity contribution is 6.71. The van der Waals surface area contributed by atoms with Crippen molar-refractivity contribution in [3.8, 4) is 0 Å². The molecule has 0 aliphatic rings.